The SMILES string of the molecule is CC1C(N)NCCC1c1ccc(Br)cc1. The molecule has 0 spiro atoms. The molecule has 1 heterocycles. The zero-order valence-corrected chi connectivity index (χ0v) is 10.5. The van der Waals surface area contributed by atoms with Crippen LogP contribution in [0.1, 0.15) is 24.8 Å². The van der Waals surface area contributed by atoms with Gasteiger partial charge in [0.25, 0.3) is 0 Å². The maximum absolute atomic E-state index is 6.02. The molecule has 1 aliphatic heterocycles. The molecular weight excluding hydrogens is 252 g/mol. The smallest absolute Gasteiger partial charge is 0.0578 e. The molecule has 3 N–H and O–H groups in total. The van der Waals surface area contributed by atoms with Gasteiger partial charge in [-0.1, -0.05) is 35.0 Å². The summed E-state index contributed by atoms with van der Waals surface area (Å²) in [6.07, 6.45) is 1.31. The van der Waals surface area contributed by atoms with Crippen molar-refractivity contribution in [3.05, 3.63) is 34.3 Å². The highest BCUT2D eigenvalue weighted by atomic mass is 79.9. The van der Waals surface area contributed by atoms with Gasteiger partial charge in [-0.05, 0) is 42.5 Å². The summed E-state index contributed by atoms with van der Waals surface area (Å²) in [5.74, 6) is 1.09. The lowest BCUT2D eigenvalue weighted by molar-refractivity contribution is 0.266. The Labute approximate surface area is 99.4 Å². The third kappa shape index (κ3) is 2.41. The van der Waals surface area contributed by atoms with Gasteiger partial charge in [0, 0.05) is 4.47 Å². The van der Waals surface area contributed by atoms with Gasteiger partial charge < -0.3 is 11.1 Å². The molecule has 0 saturated carbocycles. The fraction of sp³-hybridized carbons (Fsp3) is 0.500. The minimum atomic E-state index is 0.132. The monoisotopic (exact) mass is 268 g/mol. The second kappa shape index (κ2) is 4.64. The van der Waals surface area contributed by atoms with E-state index in [0.717, 1.165) is 11.0 Å². The molecule has 0 aromatic heterocycles. The molecule has 1 fully saturated rings. The molecule has 0 amide bonds. The fourth-order valence-electron chi connectivity index (χ4n) is 2.28. The molecule has 82 valence electrons. The highest BCUT2D eigenvalue weighted by Crippen LogP contribution is 2.32. The number of rotatable bonds is 1. The van der Waals surface area contributed by atoms with E-state index in [1.165, 1.54) is 12.0 Å². The van der Waals surface area contributed by atoms with E-state index in [1.54, 1.807) is 0 Å². The molecular formula is C12H17BrN2. The largest absolute Gasteiger partial charge is 0.316 e. The van der Waals surface area contributed by atoms with E-state index < -0.39 is 0 Å². The Morgan fingerprint density at radius 3 is 2.67 bits per heavy atom. The van der Waals surface area contributed by atoms with Crippen molar-refractivity contribution in [3.8, 4) is 0 Å². The highest BCUT2D eigenvalue weighted by molar-refractivity contribution is 9.10. The highest BCUT2D eigenvalue weighted by Gasteiger charge is 2.27. The van der Waals surface area contributed by atoms with Crippen LogP contribution in [0.4, 0.5) is 0 Å². The van der Waals surface area contributed by atoms with Crippen molar-refractivity contribution in [1.82, 2.24) is 5.32 Å². The second-order valence-electron chi connectivity index (χ2n) is 4.29. The number of halogens is 1. The summed E-state index contributed by atoms with van der Waals surface area (Å²) in [7, 11) is 0. The van der Waals surface area contributed by atoms with Crippen LogP contribution in [-0.4, -0.2) is 12.7 Å². The van der Waals surface area contributed by atoms with Crippen LogP contribution in [0, 0.1) is 5.92 Å². The van der Waals surface area contributed by atoms with Crippen molar-refractivity contribution < 1.29 is 0 Å². The Bertz CT molecular complexity index is 323. The van der Waals surface area contributed by atoms with Gasteiger partial charge in [-0.3, -0.25) is 0 Å². The first-order chi connectivity index (χ1) is 7.18. The van der Waals surface area contributed by atoms with Crippen LogP contribution in [0.15, 0.2) is 28.7 Å². The van der Waals surface area contributed by atoms with Crippen molar-refractivity contribution in [1.29, 1.82) is 0 Å². The molecule has 1 aromatic rings. The maximum atomic E-state index is 6.02. The summed E-state index contributed by atoms with van der Waals surface area (Å²) in [4.78, 5) is 0. The topological polar surface area (TPSA) is 38.0 Å². The Morgan fingerprint density at radius 2 is 2.00 bits per heavy atom. The van der Waals surface area contributed by atoms with Crippen molar-refractivity contribution in [3.63, 3.8) is 0 Å². The molecule has 1 saturated heterocycles. The minimum absolute atomic E-state index is 0.132. The lowest BCUT2D eigenvalue weighted by Crippen LogP contribution is -2.49. The summed E-state index contributed by atoms with van der Waals surface area (Å²) in [5.41, 5.74) is 7.42. The first kappa shape index (κ1) is 11.1. The van der Waals surface area contributed by atoms with Gasteiger partial charge in [-0.25, -0.2) is 0 Å². The molecule has 3 heteroatoms. The van der Waals surface area contributed by atoms with Crippen molar-refractivity contribution in [2.24, 2.45) is 11.7 Å². The van der Waals surface area contributed by atoms with E-state index in [2.05, 4.69) is 52.4 Å². The van der Waals surface area contributed by atoms with E-state index in [9.17, 15) is 0 Å². The van der Waals surface area contributed by atoms with E-state index in [0.29, 0.717) is 11.8 Å². The Hall–Kier alpha value is -0.380. The predicted molar refractivity (Wildman–Crippen MR) is 66.6 cm³/mol. The van der Waals surface area contributed by atoms with E-state index in [1.807, 2.05) is 0 Å². The van der Waals surface area contributed by atoms with Gasteiger partial charge in [-0.2, -0.15) is 0 Å². The van der Waals surface area contributed by atoms with Gasteiger partial charge in [0.1, 0.15) is 0 Å². The molecule has 1 aliphatic rings. The molecule has 1 aromatic carbocycles. The van der Waals surface area contributed by atoms with Gasteiger partial charge in [0.2, 0.25) is 0 Å². The Morgan fingerprint density at radius 1 is 1.33 bits per heavy atom. The quantitative estimate of drug-likeness (QED) is 0.821. The maximum Gasteiger partial charge on any atom is 0.0578 e. The minimum Gasteiger partial charge on any atom is -0.316 e. The molecule has 0 aliphatic carbocycles. The number of nitrogens with one attached hydrogen (secondary N) is 1. The predicted octanol–water partition coefficient (Wildman–Crippen LogP) is 2.45. The van der Waals surface area contributed by atoms with Crippen LogP contribution >= 0.6 is 15.9 Å². The Balaban J connectivity index is 2.18. The van der Waals surface area contributed by atoms with Gasteiger partial charge >= 0.3 is 0 Å². The van der Waals surface area contributed by atoms with Crippen molar-refractivity contribution in [2.75, 3.05) is 6.54 Å². The number of piperidine rings is 1. The first-order valence-electron chi connectivity index (χ1n) is 5.43. The zero-order valence-electron chi connectivity index (χ0n) is 8.91. The van der Waals surface area contributed by atoms with Gasteiger partial charge in [-0.15, -0.1) is 0 Å². The summed E-state index contributed by atoms with van der Waals surface area (Å²) in [6, 6.07) is 8.61. The molecule has 3 atom stereocenters. The van der Waals surface area contributed by atoms with E-state index in [4.69, 9.17) is 5.73 Å². The number of hydrogen-bond acceptors (Lipinski definition) is 2. The third-order valence-corrected chi connectivity index (χ3v) is 3.86. The summed E-state index contributed by atoms with van der Waals surface area (Å²) < 4.78 is 1.14. The summed E-state index contributed by atoms with van der Waals surface area (Å²) in [6.45, 7) is 3.25. The number of benzene rings is 1. The van der Waals surface area contributed by atoms with Crippen molar-refractivity contribution >= 4 is 15.9 Å². The normalized spacial score (nSPS) is 31.5. The molecule has 0 bridgehead atoms. The average molecular weight is 269 g/mol. The van der Waals surface area contributed by atoms with Crippen LogP contribution in [-0.2, 0) is 0 Å². The fourth-order valence-corrected chi connectivity index (χ4v) is 2.55. The van der Waals surface area contributed by atoms with Gasteiger partial charge in [0.15, 0.2) is 0 Å². The lowest BCUT2D eigenvalue weighted by Gasteiger charge is -2.35. The third-order valence-electron chi connectivity index (χ3n) is 3.33. The van der Waals surface area contributed by atoms with Gasteiger partial charge in [0.05, 0.1) is 6.17 Å². The molecule has 0 radical (unpaired) electrons. The Kier molecular flexibility index (Phi) is 3.44. The number of nitrogens with two attached hydrogens (primary N) is 1. The standard InChI is InChI=1S/C12H17BrN2/c1-8-11(6-7-15-12(8)14)9-2-4-10(13)5-3-9/h2-5,8,11-12,15H,6-7,14H2,1H3. The summed E-state index contributed by atoms with van der Waals surface area (Å²) in [5, 5.41) is 3.31. The average Bonchev–Trinajstić information content (AvgIpc) is 2.24. The lowest BCUT2D eigenvalue weighted by atomic mass is 9.80. The molecule has 2 rings (SSSR count). The summed E-state index contributed by atoms with van der Waals surface area (Å²) >= 11 is 3.46. The van der Waals surface area contributed by atoms with E-state index >= 15 is 0 Å². The van der Waals surface area contributed by atoms with Crippen LogP contribution in [0.2, 0.25) is 0 Å². The second-order valence-corrected chi connectivity index (χ2v) is 5.20. The van der Waals surface area contributed by atoms with E-state index in [-0.39, 0.29) is 6.17 Å². The zero-order chi connectivity index (χ0) is 10.8. The van der Waals surface area contributed by atoms with Crippen LogP contribution in [0.3, 0.4) is 0 Å². The number of hydrogen-bond donors (Lipinski definition) is 2. The molecule has 3 unspecified atom stereocenters. The first-order valence-corrected chi connectivity index (χ1v) is 6.22. The van der Waals surface area contributed by atoms with Crippen LogP contribution in [0.25, 0.3) is 0 Å². The van der Waals surface area contributed by atoms with Crippen LogP contribution in [0.5, 0.6) is 0 Å². The van der Waals surface area contributed by atoms with Crippen LogP contribution < -0.4 is 11.1 Å². The van der Waals surface area contributed by atoms with Crippen molar-refractivity contribution in [2.45, 2.75) is 25.4 Å². The molecule has 2 nitrogen and oxygen atoms in total. The molecule has 15 heavy (non-hydrogen) atoms.